The average Bonchev–Trinajstić information content (AvgIpc) is 2.75. The summed E-state index contributed by atoms with van der Waals surface area (Å²) in [5.41, 5.74) is 3.06. The number of sulfonamides is 1. The zero-order valence-corrected chi connectivity index (χ0v) is 19.0. The van der Waals surface area contributed by atoms with Gasteiger partial charge in [-0.15, -0.1) is 0 Å². The molecule has 0 fully saturated rings. The van der Waals surface area contributed by atoms with Gasteiger partial charge in [0, 0.05) is 31.4 Å². The second kappa shape index (κ2) is 10.5. The van der Waals surface area contributed by atoms with E-state index in [2.05, 4.69) is 34.5 Å². The fourth-order valence-electron chi connectivity index (χ4n) is 3.82. The Morgan fingerprint density at radius 2 is 2.00 bits per heavy atom. The molecule has 168 valence electrons. The molecular formula is C23H31N3O4S. The number of benzene rings is 2. The van der Waals surface area contributed by atoms with Gasteiger partial charge in [0.1, 0.15) is 12.3 Å². The highest BCUT2D eigenvalue weighted by Gasteiger charge is 2.21. The highest BCUT2D eigenvalue weighted by molar-refractivity contribution is 7.92. The van der Waals surface area contributed by atoms with Gasteiger partial charge in [0.2, 0.25) is 15.9 Å². The molecule has 0 unspecified atom stereocenters. The molecule has 0 atom stereocenters. The molecule has 1 heterocycles. The predicted molar refractivity (Wildman–Crippen MR) is 124 cm³/mol. The number of carbonyl (C=O) groups is 1. The summed E-state index contributed by atoms with van der Waals surface area (Å²) in [7, 11) is -3.62. The maximum atomic E-state index is 12.5. The Morgan fingerprint density at radius 1 is 1.19 bits per heavy atom. The molecule has 2 aromatic carbocycles. The summed E-state index contributed by atoms with van der Waals surface area (Å²) in [4.78, 5) is 14.8. The molecule has 7 nitrogen and oxygen atoms in total. The molecule has 0 saturated carbocycles. The van der Waals surface area contributed by atoms with Crippen LogP contribution >= 0.6 is 0 Å². The zero-order chi connectivity index (χ0) is 22.3. The van der Waals surface area contributed by atoms with Crippen LogP contribution in [0, 0.1) is 0 Å². The Kier molecular flexibility index (Phi) is 7.79. The number of para-hydroxylation sites is 1. The van der Waals surface area contributed by atoms with Crippen LogP contribution in [0.2, 0.25) is 0 Å². The molecule has 1 aliphatic heterocycles. The number of fused-ring (bicyclic) bond motifs is 1. The maximum absolute atomic E-state index is 12.5. The van der Waals surface area contributed by atoms with Gasteiger partial charge >= 0.3 is 0 Å². The molecule has 2 aromatic rings. The van der Waals surface area contributed by atoms with Crippen LogP contribution in [0.3, 0.4) is 0 Å². The lowest BCUT2D eigenvalue weighted by atomic mass is 10.0. The molecule has 0 aromatic heterocycles. The van der Waals surface area contributed by atoms with E-state index in [1.54, 1.807) is 24.3 Å². The largest absolute Gasteiger partial charge is 0.494 e. The first kappa shape index (κ1) is 22.9. The van der Waals surface area contributed by atoms with E-state index in [1.807, 2.05) is 6.92 Å². The summed E-state index contributed by atoms with van der Waals surface area (Å²) in [5.74, 6) is 0.238. The van der Waals surface area contributed by atoms with E-state index in [4.69, 9.17) is 4.74 Å². The third-order valence-corrected chi connectivity index (χ3v) is 6.38. The standard InChI is InChI=1S/C23H31N3O4S/c1-3-30-21-12-6-11-20(17-21)26(31(2,28)29)18-23(27)24-14-8-16-25-15-7-10-19-9-4-5-13-22(19)25/h4-6,9,11-13,17H,3,7-8,10,14-16,18H2,1-2H3,(H,24,27). The van der Waals surface area contributed by atoms with Gasteiger partial charge < -0.3 is 15.0 Å². The quantitative estimate of drug-likeness (QED) is 0.569. The number of aryl methyl sites for hydroxylation is 1. The molecule has 1 N–H and O–H groups in total. The molecule has 3 rings (SSSR count). The molecule has 31 heavy (non-hydrogen) atoms. The van der Waals surface area contributed by atoms with E-state index < -0.39 is 10.0 Å². The second-order valence-corrected chi connectivity index (χ2v) is 9.53. The summed E-state index contributed by atoms with van der Waals surface area (Å²) >= 11 is 0. The van der Waals surface area contributed by atoms with Crippen LogP contribution < -0.4 is 19.3 Å². The molecule has 0 aliphatic carbocycles. The van der Waals surface area contributed by atoms with Crippen LogP contribution in [-0.4, -0.2) is 53.4 Å². The smallest absolute Gasteiger partial charge is 0.240 e. The molecule has 8 heteroatoms. The van der Waals surface area contributed by atoms with E-state index in [0.29, 0.717) is 24.6 Å². The van der Waals surface area contributed by atoms with Crippen LogP contribution in [0.25, 0.3) is 0 Å². The van der Waals surface area contributed by atoms with Gasteiger partial charge in [-0.2, -0.15) is 0 Å². The van der Waals surface area contributed by atoms with Crippen molar-refractivity contribution in [3.63, 3.8) is 0 Å². The number of hydrogen-bond donors (Lipinski definition) is 1. The van der Waals surface area contributed by atoms with Gasteiger partial charge in [-0.3, -0.25) is 9.10 Å². The number of carbonyl (C=O) groups excluding carboxylic acids is 1. The second-order valence-electron chi connectivity index (χ2n) is 7.62. The number of amides is 1. The minimum atomic E-state index is -3.62. The average molecular weight is 446 g/mol. The van der Waals surface area contributed by atoms with E-state index in [1.165, 1.54) is 11.3 Å². The highest BCUT2D eigenvalue weighted by Crippen LogP contribution is 2.26. The first-order chi connectivity index (χ1) is 14.9. The van der Waals surface area contributed by atoms with Crippen LogP contribution in [0.4, 0.5) is 11.4 Å². The van der Waals surface area contributed by atoms with Crippen molar-refractivity contribution in [3.05, 3.63) is 54.1 Å². The van der Waals surface area contributed by atoms with Gasteiger partial charge in [0.05, 0.1) is 18.6 Å². The Morgan fingerprint density at radius 3 is 2.77 bits per heavy atom. The number of rotatable bonds is 10. The lowest BCUT2D eigenvalue weighted by Crippen LogP contribution is -2.41. The monoisotopic (exact) mass is 445 g/mol. The summed E-state index contributed by atoms with van der Waals surface area (Å²) in [6, 6.07) is 15.2. The molecule has 0 spiro atoms. The van der Waals surface area contributed by atoms with E-state index in [-0.39, 0.29) is 12.5 Å². The van der Waals surface area contributed by atoms with Crippen LogP contribution in [0.15, 0.2) is 48.5 Å². The molecular weight excluding hydrogens is 414 g/mol. The van der Waals surface area contributed by atoms with Gasteiger partial charge in [-0.1, -0.05) is 24.3 Å². The fourth-order valence-corrected chi connectivity index (χ4v) is 4.67. The lowest BCUT2D eigenvalue weighted by Gasteiger charge is -2.31. The van der Waals surface area contributed by atoms with Crippen LogP contribution in [0.1, 0.15) is 25.3 Å². The Balaban J connectivity index is 1.53. The topological polar surface area (TPSA) is 79.0 Å². The first-order valence-electron chi connectivity index (χ1n) is 10.7. The number of nitrogens with one attached hydrogen (secondary N) is 1. The van der Waals surface area contributed by atoms with Crippen molar-refractivity contribution in [1.82, 2.24) is 5.32 Å². The van der Waals surface area contributed by atoms with Gasteiger partial charge in [-0.25, -0.2) is 8.42 Å². The summed E-state index contributed by atoms with van der Waals surface area (Å²) < 4.78 is 31.1. The molecule has 1 aliphatic rings. The predicted octanol–water partition coefficient (Wildman–Crippen LogP) is 2.81. The van der Waals surface area contributed by atoms with Crippen molar-refractivity contribution in [2.75, 3.05) is 48.2 Å². The fraction of sp³-hybridized carbons (Fsp3) is 0.435. The highest BCUT2D eigenvalue weighted by atomic mass is 32.2. The van der Waals surface area contributed by atoms with Crippen molar-refractivity contribution in [1.29, 1.82) is 0 Å². The van der Waals surface area contributed by atoms with E-state index in [0.717, 1.165) is 42.9 Å². The summed E-state index contributed by atoms with van der Waals surface area (Å²) in [5, 5.41) is 2.86. The van der Waals surface area contributed by atoms with Crippen LogP contribution in [-0.2, 0) is 21.2 Å². The van der Waals surface area contributed by atoms with Gasteiger partial charge in [0.15, 0.2) is 0 Å². The summed E-state index contributed by atoms with van der Waals surface area (Å²) in [6.07, 6.45) is 4.13. The molecule has 0 saturated heterocycles. The van der Waals surface area contributed by atoms with Crippen molar-refractivity contribution in [2.45, 2.75) is 26.2 Å². The van der Waals surface area contributed by atoms with Gasteiger partial charge in [-0.05, 0) is 49.9 Å². The normalized spacial score (nSPS) is 13.4. The zero-order valence-electron chi connectivity index (χ0n) is 18.2. The van der Waals surface area contributed by atoms with Crippen molar-refractivity contribution in [3.8, 4) is 5.75 Å². The third-order valence-electron chi connectivity index (χ3n) is 5.24. The van der Waals surface area contributed by atoms with Crippen LogP contribution in [0.5, 0.6) is 5.75 Å². The number of anilines is 2. The Labute approximate surface area is 185 Å². The Hall–Kier alpha value is -2.74. The summed E-state index contributed by atoms with van der Waals surface area (Å²) in [6.45, 7) is 4.43. The first-order valence-corrected chi connectivity index (χ1v) is 12.5. The van der Waals surface area contributed by atoms with E-state index >= 15 is 0 Å². The minimum Gasteiger partial charge on any atom is -0.494 e. The SMILES string of the molecule is CCOc1cccc(N(CC(=O)NCCCN2CCCc3ccccc32)S(C)(=O)=O)c1. The maximum Gasteiger partial charge on any atom is 0.240 e. The molecule has 0 radical (unpaired) electrons. The third kappa shape index (κ3) is 6.37. The van der Waals surface area contributed by atoms with Crippen molar-refractivity contribution < 1.29 is 17.9 Å². The lowest BCUT2D eigenvalue weighted by molar-refractivity contribution is -0.119. The minimum absolute atomic E-state index is 0.263. The Bertz CT molecular complexity index is 994. The number of nitrogens with zero attached hydrogens (tertiary/aromatic N) is 2. The van der Waals surface area contributed by atoms with Crippen molar-refractivity contribution >= 4 is 27.3 Å². The van der Waals surface area contributed by atoms with E-state index in [9.17, 15) is 13.2 Å². The number of hydrogen-bond acceptors (Lipinski definition) is 5. The molecule has 0 bridgehead atoms. The number of ether oxygens (including phenoxy) is 1. The van der Waals surface area contributed by atoms with Gasteiger partial charge in [0.25, 0.3) is 0 Å². The van der Waals surface area contributed by atoms with Crippen molar-refractivity contribution in [2.24, 2.45) is 0 Å². The molecule has 1 amide bonds.